The summed E-state index contributed by atoms with van der Waals surface area (Å²) in [4.78, 5) is 35.5. The Hall–Kier alpha value is -2.18. The average molecular weight is 397 g/mol. The number of carbonyl (C=O) groups excluding carboxylic acids is 2. The maximum Gasteiger partial charge on any atom is 0.236 e. The molecule has 3 heterocycles. The molecule has 6 nitrogen and oxygen atoms in total. The van der Waals surface area contributed by atoms with Crippen LogP contribution in [0.2, 0.25) is 0 Å². The van der Waals surface area contributed by atoms with Gasteiger partial charge in [0.05, 0.1) is 12.6 Å². The fraction of sp³-hybridized carbons (Fsp3) is 0.565. The highest BCUT2D eigenvalue weighted by atomic mass is 16.2. The van der Waals surface area contributed by atoms with Crippen molar-refractivity contribution < 1.29 is 9.59 Å². The number of aromatic amines is 1. The first-order valence-corrected chi connectivity index (χ1v) is 11.0. The standard InChI is InChI=1S/C23H32N4O2/c1-18(23(29)20-16-24-21-9-5-4-8-19(20)21)26-14-12-25(13-15-26)17-22(28)27-10-6-2-3-7-11-27/h4-5,8-9,16,18,24H,2-3,6-7,10-15,17H2,1H3/t18-/m1/s1. The van der Waals surface area contributed by atoms with E-state index in [-0.39, 0.29) is 17.7 Å². The topological polar surface area (TPSA) is 59.7 Å². The first kappa shape index (κ1) is 20.1. The van der Waals surface area contributed by atoms with E-state index in [1.54, 1.807) is 0 Å². The quantitative estimate of drug-likeness (QED) is 0.790. The number of nitrogens with zero attached hydrogens (tertiary/aromatic N) is 3. The van der Waals surface area contributed by atoms with E-state index in [0.717, 1.165) is 68.6 Å². The molecule has 0 unspecified atom stereocenters. The Morgan fingerprint density at radius 2 is 1.66 bits per heavy atom. The summed E-state index contributed by atoms with van der Waals surface area (Å²) >= 11 is 0. The van der Waals surface area contributed by atoms with Crippen molar-refractivity contribution in [3.05, 3.63) is 36.0 Å². The van der Waals surface area contributed by atoms with Crippen LogP contribution < -0.4 is 0 Å². The molecule has 0 aliphatic carbocycles. The monoisotopic (exact) mass is 396 g/mol. The Labute approximate surface area is 172 Å². The zero-order chi connectivity index (χ0) is 20.2. The van der Waals surface area contributed by atoms with Gasteiger partial charge in [-0.1, -0.05) is 31.0 Å². The lowest BCUT2D eigenvalue weighted by molar-refractivity contribution is -0.132. The summed E-state index contributed by atoms with van der Waals surface area (Å²) in [6.07, 6.45) is 6.58. The zero-order valence-corrected chi connectivity index (χ0v) is 17.4. The largest absolute Gasteiger partial charge is 0.360 e. The van der Waals surface area contributed by atoms with Crippen LogP contribution in [-0.2, 0) is 4.79 Å². The minimum absolute atomic E-state index is 0.155. The first-order chi connectivity index (χ1) is 14.1. The number of aromatic nitrogens is 1. The van der Waals surface area contributed by atoms with Crippen molar-refractivity contribution in [1.29, 1.82) is 0 Å². The van der Waals surface area contributed by atoms with Crippen LogP contribution in [0.15, 0.2) is 30.5 Å². The highest BCUT2D eigenvalue weighted by Crippen LogP contribution is 2.21. The van der Waals surface area contributed by atoms with Gasteiger partial charge in [0.2, 0.25) is 5.91 Å². The van der Waals surface area contributed by atoms with Gasteiger partial charge in [-0.25, -0.2) is 0 Å². The molecule has 2 aliphatic heterocycles. The van der Waals surface area contributed by atoms with E-state index in [4.69, 9.17) is 0 Å². The molecular weight excluding hydrogens is 364 g/mol. The second-order valence-corrected chi connectivity index (χ2v) is 8.40. The van der Waals surface area contributed by atoms with Crippen LogP contribution in [-0.4, -0.2) is 83.2 Å². The fourth-order valence-corrected chi connectivity index (χ4v) is 4.59. The maximum atomic E-state index is 13.1. The Balaban J connectivity index is 1.30. The molecule has 0 bridgehead atoms. The van der Waals surface area contributed by atoms with Gasteiger partial charge in [-0.3, -0.25) is 19.4 Å². The number of carbonyl (C=O) groups is 2. The molecule has 2 fully saturated rings. The normalized spacial score (nSPS) is 20.5. The minimum Gasteiger partial charge on any atom is -0.360 e. The molecule has 4 rings (SSSR count). The second kappa shape index (κ2) is 9.09. The summed E-state index contributed by atoms with van der Waals surface area (Å²) in [5, 5.41) is 0.992. The fourth-order valence-electron chi connectivity index (χ4n) is 4.59. The molecule has 29 heavy (non-hydrogen) atoms. The number of hydrogen-bond donors (Lipinski definition) is 1. The molecule has 1 aromatic carbocycles. The average Bonchev–Trinajstić information content (AvgIpc) is 2.98. The number of rotatable bonds is 5. The molecule has 1 N–H and O–H groups in total. The molecule has 1 amide bonds. The summed E-state index contributed by atoms with van der Waals surface area (Å²) in [6, 6.07) is 7.78. The van der Waals surface area contributed by atoms with Gasteiger partial charge < -0.3 is 9.88 Å². The number of benzene rings is 1. The number of amides is 1. The number of nitrogens with one attached hydrogen (secondary N) is 1. The number of ketones is 1. The molecule has 2 aliphatic rings. The molecule has 1 atom stereocenters. The molecule has 156 valence electrons. The van der Waals surface area contributed by atoms with Gasteiger partial charge in [0, 0.05) is 61.9 Å². The van der Waals surface area contributed by atoms with Crippen LogP contribution >= 0.6 is 0 Å². The summed E-state index contributed by atoms with van der Waals surface area (Å²) < 4.78 is 0. The minimum atomic E-state index is -0.155. The molecular formula is C23H32N4O2. The lowest BCUT2D eigenvalue weighted by Crippen LogP contribution is -2.53. The predicted octanol–water partition coefficient (Wildman–Crippen LogP) is 2.76. The van der Waals surface area contributed by atoms with Crippen LogP contribution in [0.3, 0.4) is 0 Å². The van der Waals surface area contributed by atoms with Gasteiger partial charge in [-0.2, -0.15) is 0 Å². The molecule has 0 radical (unpaired) electrons. The van der Waals surface area contributed by atoms with Gasteiger partial charge in [0.25, 0.3) is 0 Å². The van der Waals surface area contributed by atoms with Crippen molar-refractivity contribution in [3.63, 3.8) is 0 Å². The van der Waals surface area contributed by atoms with E-state index < -0.39 is 0 Å². The number of para-hydroxylation sites is 1. The van der Waals surface area contributed by atoms with Crippen LogP contribution in [0.25, 0.3) is 10.9 Å². The number of likely N-dealkylation sites (tertiary alicyclic amines) is 1. The number of H-pyrrole nitrogens is 1. The third-order valence-electron chi connectivity index (χ3n) is 6.51. The zero-order valence-electron chi connectivity index (χ0n) is 17.4. The van der Waals surface area contributed by atoms with E-state index in [2.05, 4.69) is 14.8 Å². The number of fused-ring (bicyclic) bond motifs is 1. The lowest BCUT2D eigenvalue weighted by Gasteiger charge is -2.37. The van der Waals surface area contributed by atoms with E-state index in [0.29, 0.717) is 6.54 Å². The van der Waals surface area contributed by atoms with Crippen molar-refractivity contribution in [2.24, 2.45) is 0 Å². The van der Waals surface area contributed by atoms with E-state index in [1.807, 2.05) is 42.3 Å². The predicted molar refractivity (Wildman–Crippen MR) is 115 cm³/mol. The number of piperazine rings is 1. The summed E-state index contributed by atoms with van der Waals surface area (Å²) in [7, 11) is 0. The van der Waals surface area contributed by atoms with Crippen molar-refractivity contribution in [2.45, 2.75) is 38.6 Å². The van der Waals surface area contributed by atoms with Crippen molar-refractivity contribution >= 4 is 22.6 Å². The highest BCUT2D eigenvalue weighted by Gasteiger charge is 2.28. The van der Waals surface area contributed by atoms with Crippen LogP contribution in [0, 0.1) is 0 Å². The Morgan fingerprint density at radius 1 is 0.966 bits per heavy atom. The highest BCUT2D eigenvalue weighted by molar-refractivity contribution is 6.10. The third kappa shape index (κ3) is 4.54. The van der Waals surface area contributed by atoms with Crippen LogP contribution in [0.4, 0.5) is 0 Å². The third-order valence-corrected chi connectivity index (χ3v) is 6.51. The van der Waals surface area contributed by atoms with Gasteiger partial charge in [0.1, 0.15) is 0 Å². The number of Topliss-reactive ketones (excluding diaryl/α,β-unsaturated/α-hetero) is 1. The SMILES string of the molecule is C[C@H](C(=O)c1c[nH]c2ccccc12)N1CCN(CC(=O)N2CCCCCC2)CC1. The second-order valence-electron chi connectivity index (χ2n) is 8.40. The summed E-state index contributed by atoms with van der Waals surface area (Å²) in [6.45, 7) is 7.66. The molecule has 6 heteroatoms. The Bertz CT molecular complexity index is 845. The molecule has 0 spiro atoms. The summed E-state index contributed by atoms with van der Waals surface area (Å²) in [5.74, 6) is 0.430. The van der Waals surface area contributed by atoms with Crippen molar-refractivity contribution in [1.82, 2.24) is 19.7 Å². The van der Waals surface area contributed by atoms with Crippen molar-refractivity contribution in [3.8, 4) is 0 Å². The van der Waals surface area contributed by atoms with Gasteiger partial charge in [0.15, 0.2) is 5.78 Å². The van der Waals surface area contributed by atoms with Crippen LogP contribution in [0.5, 0.6) is 0 Å². The van der Waals surface area contributed by atoms with E-state index in [1.165, 1.54) is 12.8 Å². The van der Waals surface area contributed by atoms with Gasteiger partial charge in [-0.05, 0) is 25.8 Å². The van der Waals surface area contributed by atoms with Crippen molar-refractivity contribution in [2.75, 3.05) is 45.8 Å². The molecule has 0 saturated carbocycles. The molecule has 2 saturated heterocycles. The molecule has 1 aromatic heterocycles. The first-order valence-electron chi connectivity index (χ1n) is 11.0. The van der Waals surface area contributed by atoms with E-state index >= 15 is 0 Å². The smallest absolute Gasteiger partial charge is 0.236 e. The van der Waals surface area contributed by atoms with E-state index in [9.17, 15) is 9.59 Å². The Kier molecular flexibility index (Phi) is 6.31. The van der Waals surface area contributed by atoms with Crippen LogP contribution in [0.1, 0.15) is 43.0 Å². The maximum absolute atomic E-state index is 13.1. The summed E-state index contributed by atoms with van der Waals surface area (Å²) in [5.41, 5.74) is 1.77. The van der Waals surface area contributed by atoms with Gasteiger partial charge >= 0.3 is 0 Å². The van der Waals surface area contributed by atoms with Gasteiger partial charge in [-0.15, -0.1) is 0 Å². The lowest BCUT2D eigenvalue weighted by atomic mass is 10.0. The Morgan fingerprint density at radius 3 is 2.38 bits per heavy atom. The number of hydrogen-bond acceptors (Lipinski definition) is 4. The molecule has 2 aromatic rings.